The number of amides is 2. The summed E-state index contributed by atoms with van der Waals surface area (Å²) in [4.78, 5) is 35.1. The van der Waals surface area contributed by atoms with E-state index >= 15 is 0 Å². The molecule has 2 aromatic heterocycles. The first-order valence-electron chi connectivity index (χ1n) is 7.82. The molecule has 126 valence electrons. The largest absolute Gasteiger partial charge is 0.365 e. The Morgan fingerprint density at radius 1 is 1.54 bits per heavy atom. The van der Waals surface area contributed by atoms with Gasteiger partial charge in [-0.3, -0.25) is 20.0 Å². The molecule has 2 aromatic rings. The number of nitrogens with two attached hydrogens (primary N) is 1. The van der Waals surface area contributed by atoms with E-state index in [-0.39, 0.29) is 11.8 Å². The summed E-state index contributed by atoms with van der Waals surface area (Å²) in [6.07, 6.45) is 4.61. The van der Waals surface area contributed by atoms with Gasteiger partial charge in [0.05, 0.1) is 16.8 Å². The van der Waals surface area contributed by atoms with Gasteiger partial charge in [0.25, 0.3) is 11.8 Å². The lowest BCUT2D eigenvalue weighted by Crippen LogP contribution is -2.46. The molecule has 0 bridgehead atoms. The monoisotopic (exact) mass is 328 g/mol. The van der Waals surface area contributed by atoms with Crippen LogP contribution in [0.2, 0.25) is 0 Å². The molecule has 0 aromatic carbocycles. The van der Waals surface area contributed by atoms with Crippen LogP contribution in [0, 0.1) is 6.92 Å². The second kappa shape index (κ2) is 6.40. The van der Waals surface area contributed by atoms with E-state index in [0.717, 1.165) is 25.1 Å². The highest BCUT2D eigenvalue weighted by molar-refractivity contribution is 6.04. The standard InChI is InChI=1S/C16H20N6O2/c1-3-12(23)21-22-6-4-5-10(8-22)13-15-14(19-9(2)20-15)11(7-18-13)16(17)24/h3,7,10H,1,4-6,8H2,2H3,(H2,17,24)(H,19,20)(H,21,23)/t10-/m1/s1. The van der Waals surface area contributed by atoms with Crippen LogP contribution in [-0.2, 0) is 4.79 Å². The number of hydrazine groups is 1. The number of nitrogens with zero attached hydrogens (tertiary/aromatic N) is 3. The maximum Gasteiger partial charge on any atom is 0.257 e. The van der Waals surface area contributed by atoms with Gasteiger partial charge in [-0.15, -0.1) is 0 Å². The number of carbonyl (C=O) groups excluding carboxylic acids is 2. The van der Waals surface area contributed by atoms with Crippen molar-refractivity contribution in [2.75, 3.05) is 13.1 Å². The lowest BCUT2D eigenvalue weighted by Gasteiger charge is -2.32. The predicted octanol–water partition coefficient (Wildman–Crippen LogP) is 0.762. The maximum absolute atomic E-state index is 11.6. The molecule has 0 saturated carbocycles. The van der Waals surface area contributed by atoms with Crippen LogP contribution in [0.4, 0.5) is 0 Å². The molecule has 3 rings (SSSR count). The molecule has 8 heteroatoms. The highest BCUT2D eigenvalue weighted by atomic mass is 16.2. The zero-order valence-corrected chi connectivity index (χ0v) is 13.5. The number of pyridine rings is 1. The van der Waals surface area contributed by atoms with Gasteiger partial charge >= 0.3 is 0 Å². The van der Waals surface area contributed by atoms with Gasteiger partial charge in [-0.05, 0) is 25.8 Å². The molecule has 0 spiro atoms. The van der Waals surface area contributed by atoms with Crippen molar-refractivity contribution in [3.8, 4) is 0 Å². The van der Waals surface area contributed by atoms with E-state index < -0.39 is 5.91 Å². The molecular weight excluding hydrogens is 308 g/mol. The fraction of sp³-hybridized carbons (Fsp3) is 0.375. The van der Waals surface area contributed by atoms with E-state index in [2.05, 4.69) is 27.0 Å². The van der Waals surface area contributed by atoms with Crippen molar-refractivity contribution in [1.82, 2.24) is 25.4 Å². The SMILES string of the molecule is C=CC(=O)NN1CCC[C@@H](c2ncc(C(N)=O)c3[nH]c(C)nc23)C1. The third-order valence-electron chi connectivity index (χ3n) is 4.19. The summed E-state index contributed by atoms with van der Waals surface area (Å²) in [5, 5.41) is 1.87. The van der Waals surface area contributed by atoms with Gasteiger partial charge in [-0.25, -0.2) is 9.99 Å². The molecule has 2 amide bonds. The zero-order valence-electron chi connectivity index (χ0n) is 13.5. The van der Waals surface area contributed by atoms with E-state index in [0.29, 0.717) is 29.0 Å². The van der Waals surface area contributed by atoms with Crippen LogP contribution in [0.5, 0.6) is 0 Å². The number of aromatic amines is 1. The normalized spacial score (nSPS) is 18.5. The lowest BCUT2D eigenvalue weighted by atomic mass is 9.94. The smallest absolute Gasteiger partial charge is 0.257 e. The molecule has 1 fully saturated rings. The third-order valence-corrected chi connectivity index (χ3v) is 4.19. The van der Waals surface area contributed by atoms with Gasteiger partial charge < -0.3 is 10.7 Å². The molecule has 3 heterocycles. The summed E-state index contributed by atoms with van der Waals surface area (Å²) in [5.41, 5.74) is 10.7. The van der Waals surface area contributed by atoms with Crippen molar-refractivity contribution < 1.29 is 9.59 Å². The van der Waals surface area contributed by atoms with Gasteiger partial charge in [0.1, 0.15) is 11.3 Å². The van der Waals surface area contributed by atoms with Crippen molar-refractivity contribution in [1.29, 1.82) is 0 Å². The molecule has 1 atom stereocenters. The van der Waals surface area contributed by atoms with E-state index in [9.17, 15) is 9.59 Å². The Labute approximate surface area is 139 Å². The van der Waals surface area contributed by atoms with E-state index in [1.165, 1.54) is 12.3 Å². The fourth-order valence-corrected chi connectivity index (χ4v) is 3.12. The summed E-state index contributed by atoms with van der Waals surface area (Å²) in [6, 6.07) is 0. The number of imidazole rings is 1. The average Bonchev–Trinajstić information content (AvgIpc) is 2.94. The Balaban J connectivity index is 1.94. The van der Waals surface area contributed by atoms with Gasteiger partial charge in [0.15, 0.2) is 0 Å². The summed E-state index contributed by atoms with van der Waals surface area (Å²) in [6.45, 7) is 6.69. The second-order valence-electron chi connectivity index (χ2n) is 5.93. The number of aromatic nitrogens is 3. The van der Waals surface area contributed by atoms with Crippen molar-refractivity contribution >= 4 is 22.8 Å². The average molecular weight is 328 g/mol. The highest BCUT2D eigenvalue weighted by Gasteiger charge is 2.27. The Hall–Kier alpha value is -2.74. The van der Waals surface area contributed by atoms with Crippen molar-refractivity contribution in [3.05, 3.63) is 35.9 Å². The quantitative estimate of drug-likeness (QED) is 0.716. The lowest BCUT2D eigenvalue weighted by molar-refractivity contribution is -0.121. The zero-order chi connectivity index (χ0) is 17.3. The number of hydrogen-bond acceptors (Lipinski definition) is 5. The van der Waals surface area contributed by atoms with Crippen LogP contribution in [0.15, 0.2) is 18.9 Å². The van der Waals surface area contributed by atoms with Crippen LogP contribution in [-0.4, -0.2) is 44.9 Å². The topological polar surface area (TPSA) is 117 Å². The van der Waals surface area contributed by atoms with Crippen LogP contribution < -0.4 is 11.2 Å². The molecule has 0 aliphatic carbocycles. The van der Waals surface area contributed by atoms with E-state index in [4.69, 9.17) is 5.73 Å². The van der Waals surface area contributed by atoms with Gasteiger partial charge in [0.2, 0.25) is 0 Å². The number of fused-ring (bicyclic) bond motifs is 1. The first-order valence-corrected chi connectivity index (χ1v) is 7.82. The van der Waals surface area contributed by atoms with Crippen LogP contribution in [0.1, 0.15) is 40.6 Å². The number of H-pyrrole nitrogens is 1. The number of rotatable bonds is 4. The third kappa shape index (κ3) is 3.00. The van der Waals surface area contributed by atoms with Gasteiger partial charge in [-0.2, -0.15) is 0 Å². The minimum Gasteiger partial charge on any atom is -0.365 e. The second-order valence-corrected chi connectivity index (χ2v) is 5.93. The predicted molar refractivity (Wildman–Crippen MR) is 89.0 cm³/mol. The Morgan fingerprint density at radius 2 is 2.33 bits per heavy atom. The molecule has 1 aliphatic heterocycles. The van der Waals surface area contributed by atoms with E-state index in [1.54, 1.807) is 0 Å². The highest BCUT2D eigenvalue weighted by Crippen LogP contribution is 2.30. The summed E-state index contributed by atoms with van der Waals surface area (Å²) >= 11 is 0. The molecule has 0 unspecified atom stereocenters. The van der Waals surface area contributed by atoms with Crippen LogP contribution in [0.3, 0.4) is 0 Å². The number of carbonyl (C=O) groups is 2. The summed E-state index contributed by atoms with van der Waals surface area (Å²) in [7, 11) is 0. The number of primary amides is 1. The van der Waals surface area contributed by atoms with Crippen molar-refractivity contribution in [2.45, 2.75) is 25.7 Å². The fourth-order valence-electron chi connectivity index (χ4n) is 3.12. The molecule has 0 radical (unpaired) electrons. The Morgan fingerprint density at radius 3 is 3.04 bits per heavy atom. The van der Waals surface area contributed by atoms with E-state index in [1.807, 2.05) is 11.9 Å². The number of nitrogens with one attached hydrogen (secondary N) is 2. The first-order chi connectivity index (χ1) is 11.5. The summed E-state index contributed by atoms with van der Waals surface area (Å²) < 4.78 is 0. The van der Waals surface area contributed by atoms with Crippen LogP contribution in [0.25, 0.3) is 11.0 Å². The number of hydrogen-bond donors (Lipinski definition) is 3. The number of piperidine rings is 1. The van der Waals surface area contributed by atoms with Crippen LogP contribution >= 0.6 is 0 Å². The molecule has 1 aliphatic rings. The Bertz CT molecular complexity index is 812. The molecule has 4 N–H and O–H groups in total. The number of aryl methyl sites for hydroxylation is 1. The molecule has 8 nitrogen and oxygen atoms in total. The maximum atomic E-state index is 11.6. The van der Waals surface area contributed by atoms with Crippen molar-refractivity contribution in [3.63, 3.8) is 0 Å². The molecular formula is C16H20N6O2. The molecule has 1 saturated heterocycles. The van der Waals surface area contributed by atoms with Gasteiger partial charge in [-0.1, -0.05) is 6.58 Å². The Kier molecular flexibility index (Phi) is 4.30. The minimum absolute atomic E-state index is 0.107. The van der Waals surface area contributed by atoms with Gasteiger partial charge in [0, 0.05) is 25.2 Å². The minimum atomic E-state index is -0.536. The molecule has 24 heavy (non-hydrogen) atoms. The van der Waals surface area contributed by atoms with Crippen molar-refractivity contribution in [2.24, 2.45) is 5.73 Å². The summed E-state index contributed by atoms with van der Waals surface area (Å²) in [5.74, 6) is 0.0463. The first kappa shape index (κ1) is 16.1.